The number of imidazole rings is 1. The predicted molar refractivity (Wildman–Crippen MR) is 71.0 cm³/mol. The van der Waals surface area contributed by atoms with Gasteiger partial charge < -0.3 is 15.0 Å². The molecular weight excluding hydrogens is 240 g/mol. The van der Waals surface area contributed by atoms with E-state index in [1.807, 2.05) is 28.9 Å². The zero-order valence-corrected chi connectivity index (χ0v) is 10.5. The van der Waals surface area contributed by atoms with Gasteiger partial charge in [-0.3, -0.25) is 4.79 Å². The van der Waals surface area contributed by atoms with Crippen molar-refractivity contribution in [3.8, 4) is 0 Å². The van der Waals surface area contributed by atoms with Crippen LogP contribution < -0.4 is 10.6 Å². The quantitative estimate of drug-likeness (QED) is 0.836. The first kappa shape index (κ1) is 11.0. The number of fused-ring (bicyclic) bond motifs is 3. The smallest absolute Gasteiger partial charge is 0.253 e. The molecule has 2 aromatic rings. The van der Waals surface area contributed by atoms with E-state index in [0.29, 0.717) is 11.6 Å². The van der Waals surface area contributed by atoms with Gasteiger partial charge in [-0.2, -0.15) is 0 Å². The van der Waals surface area contributed by atoms with Crippen molar-refractivity contribution in [2.75, 3.05) is 6.54 Å². The van der Waals surface area contributed by atoms with Gasteiger partial charge in [0.25, 0.3) is 5.91 Å². The highest BCUT2D eigenvalue weighted by Crippen LogP contribution is 2.31. The zero-order valence-electron chi connectivity index (χ0n) is 10.5. The van der Waals surface area contributed by atoms with Gasteiger partial charge >= 0.3 is 0 Å². The molecule has 1 saturated heterocycles. The summed E-state index contributed by atoms with van der Waals surface area (Å²) in [5.74, 6) is 0.751. The van der Waals surface area contributed by atoms with Crippen LogP contribution in [0.25, 0.3) is 5.65 Å². The Labute approximate surface area is 111 Å². The number of piperidine rings is 1. The second-order valence-electron chi connectivity index (χ2n) is 5.54. The zero-order chi connectivity index (χ0) is 12.8. The summed E-state index contributed by atoms with van der Waals surface area (Å²) in [6, 6.07) is 4.45. The second-order valence-corrected chi connectivity index (χ2v) is 5.54. The molecule has 98 valence electrons. The Balaban J connectivity index is 1.53. The molecule has 1 aliphatic heterocycles. The number of nitrogens with zero attached hydrogens (tertiary/aromatic N) is 2. The topological polar surface area (TPSA) is 58.4 Å². The van der Waals surface area contributed by atoms with Gasteiger partial charge in [-0.25, -0.2) is 4.98 Å². The maximum absolute atomic E-state index is 12.3. The standard InChI is InChI=1S/C14H16N4O/c19-14(17-12-6-9-5-11(12)16-7-9)10-1-2-13-15-3-4-18(13)8-10/h1-4,8-9,11-12,16H,5-7H2,(H,17,19)/t9-,11-,12-/m0/s1. The first-order valence-corrected chi connectivity index (χ1v) is 6.76. The highest BCUT2D eigenvalue weighted by Gasteiger charge is 2.40. The molecule has 2 aliphatic rings. The van der Waals surface area contributed by atoms with Crippen molar-refractivity contribution in [2.45, 2.75) is 24.9 Å². The number of carbonyl (C=O) groups is 1. The minimum absolute atomic E-state index is 0.00921. The Kier molecular flexibility index (Phi) is 2.35. The van der Waals surface area contributed by atoms with E-state index in [1.165, 1.54) is 6.42 Å². The van der Waals surface area contributed by atoms with Crippen LogP contribution in [0, 0.1) is 5.92 Å². The summed E-state index contributed by atoms with van der Waals surface area (Å²) in [5, 5.41) is 6.61. The summed E-state index contributed by atoms with van der Waals surface area (Å²) in [7, 11) is 0. The van der Waals surface area contributed by atoms with Crippen LogP contribution in [0.4, 0.5) is 0 Å². The Morgan fingerprint density at radius 2 is 2.37 bits per heavy atom. The van der Waals surface area contributed by atoms with E-state index in [4.69, 9.17) is 0 Å². The van der Waals surface area contributed by atoms with E-state index in [-0.39, 0.29) is 11.9 Å². The van der Waals surface area contributed by atoms with E-state index >= 15 is 0 Å². The molecule has 2 fully saturated rings. The Morgan fingerprint density at radius 1 is 1.42 bits per heavy atom. The number of nitrogens with one attached hydrogen (secondary N) is 2. The summed E-state index contributed by atoms with van der Waals surface area (Å²) in [4.78, 5) is 16.4. The van der Waals surface area contributed by atoms with Crippen molar-refractivity contribution in [2.24, 2.45) is 5.92 Å². The van der Waals surface area contributed by atoms with Gasteiger partial charge in [-0.1, -0.05) is 0 Å². The van der Waals surface area contributed by atoms with Crippen molar-refractivity contribution in [1.82, 2.24) is 20.0 Å². The number of pyridine rings is 1. The molecule has 1 aliphatic carbocycles. The molecule has 2 aromatic heterocycles. The molecule has 5 nitrogen and oxygen atoms in total. The predicted octanol–water partition coefficient (Wildman–Crippen LogP) is 0.814. The van der Waals surface area contributed by atoms with Crippen LogP contribution in [0.3, 0.4) is 0 Å². The van der Waals surface area contributed by atoms with Gasteiger partial charge in [0.1, 0.15) is 5.65 Å². The third kappa shape index (κ3) is 1.81. The molecule has 0 unspecified atom stereocenters. The largest absolute Gasteiger partial charge is 0.348 e. The third-order valence-electron chi connectivity index (χ3n) is 4.30. The van der Waals surface area contributed by atoms with Gasteiger partial charge in [0.05, 0.1) is 5.56 Å². The van der Waals surface area contributed by atoms with Crippen LogP contribution in [0.1, 0.15) is 23.2 Å². The Bertz CT molecular complexity index is 635. The van der Waals surface area contributed by atoms with E-state index in [1.54, 1.807) is 6.20 Å². The number of aromatic nitrogens is 2. The molecule has 4 rings (SSSR count). The first-order chi connectivity index (χ1) is 9.29. The molecule has 0 aromatic carbocycles. The van der Waals surface area contributed by atoms with Crippen molar-refractivity contribution < 1.29 is 4.79 Å². The van der Waals surface area contributed by atoms with Crippen LogP contribution in [0.15, 0.2) is 30.7 Å². The van der Waals surface area contributed by atoms with Gasteiger partial charge in [-0.15, -0.1) is 0 Å². The summed E-state index contributed by atoms with van der Waals surface area (Å²) >= 11 is 0. The highest BCUT2D eigenvalue weighted by atomic mass is 16.1. The minimum atomic E-state index is 0.00921. The summed E-state index contributed by atoms with van der Waals surface area (Å²) in [6.45, 7) is 1.11. The van der Waals surface area contributed by atoms with Crippen molar-refractivity contribution in [3.05, 3.63) is 36.3 Å². The van der Waals surface area contributed by atoms with Crippen LogP contribution in [0.2, 0.25) is 0 Å². The average molecular weight is 256 g/mol. The monoisotopic (exact) mass is 256 g/mol. The summed E-state index contributed by atoms with van der Waals surface area (Å²) in [6.07, 6.45) is 7.72. The maximum atomic E-state index is 12.3. The Morgan fingerprint density at radius 3 is 3.16 bits per heavy atom. The third-order valence-corrected chi connectivity index (χ3v) is 4.30. The van der Waals surface area contributed by atoms with E-state index in [9.17, 15) is 4.79 Å². The van der Waals surface area contributed by atoms with Crippen LogP contribution >= 0.6 is 0 Å². The van der Waals surface area contributed by atoms with Gasteiger partial charge in [0.15, 0.2) is 0 Å². The molecule has 1 amide bonds. The lowest BCUT2D eigenvalue weighted by Gasteiger charge is -2.23. The second kappa shape index (κ2) is 4.06. The molecule has 3 heterocycles. The minimum Gasteiger partial charge on any atom is -0.348 e. The van der Waals surface area contributed by atoms with E-state index in [2.05, 4.69) is 15.6 Å². The summed E-state index contributed by atoms with van der Waals surface area (Å²) in [5.41, 5.74) is 1.55. The molecule has 1 saturated carbocycles. The van der Waals surface area contributed by atoms with Crippen molar-refractivity contribution in [1.29, 1.82) is 0 Å². The number of carbonyl (C=O) groups excluding carboxylic acids is 1. The van der Waals surface area contributed by atoms with Gasteiger partial charge in [0, 0.05) is 30.7 Å². The first-order valence-electron chi connectivity index (χ1n) is 6.76. The van der Waals surface area contributed by atoms with E-state index in [0.717, 1.165) is 24.5 Å². The van der Waals surface area contributed by atoms with E-state index < -0.39 is 0 Å². The number of amides is 1. The van der Waals surface area contributed by atoms with Crippen molar-refractivity contribution >= 4 is 11.6 Å². The SMILES string of the molecule is O=C(N[C@H]1C[C@H]2CN[C@H]1C2)c1ccc2nccn2c1. The fourth-order valence-electron chi connectivity index (χ4n) is 3.32. The lowest BCUT2D eigenvalue weighted by molar-refractivity contribution is 0.0928. The molecule has 2 bridgehead atoms. The number of hydrogen-bond acceptors (Lipinski definition) is 3. The molecule has 0 radical (unpaired) electrons. The number of rotatable bonds is 2. The fraction of sp³-hybridized carbons (Fsp3) is 0.429. The fourth-order valence-corrected chi connectivity index (χ4v) is 3.32. The van der Waals surface area contributed by atoms with Gasteiger partial charge in [0.2, 0.25) is 0 Å². The average Bonchev–Trinajstić information content (AvgIpc) is 3.13. The molecule has 3 atom stereocenters. The maximum Gasteiger partial charge on any atom is 0.253 e. The van der Waals surface area contributed by atoms with Crippen LogP contribution in [-0.2, 0) is 0 Å². The van der Waals surface area contributed by atoms with Crippen LogP contribution in [0.5, 0.6) is 0 Å². The van der Waals surface area contributed by atoms with Crippen LogP contribution in [-0.4, -0.2) is 33.9 Å². The van der Waals surface area contributed by atoms with Crippen molar-refractivity contribution in [3.63, 3.8) is 0 Å². The normalized spacial score (nSPS) is 28.9. The molecule has 0 spiro atoms. The molecule has 19 heavy (non-hydrogen) atoms. The molecular formula is C14H16N4O. The Hall–Kier alpha value is -1.88. The molecule has 2 N–H and O–H groups in total. The lowest BCUT2D eigenvalue weighted by atomic mass is 10.1. The highest BCUT2D eigenvalue weighted by molar-refractivity contribution is 5.94. The number of hydrogen-bond donors (Lipinski definition) is 2. The molecule has 5 heteroatoms. The van der Waals surface area contributed by atoms with Gasteiger partial charge in [-0.05, 0) is 37.4 Å². The summed E-state index contributed by atoms with van der Waals surface area (Å²) < 4.78 is 1.87. The lowest BCUT2D eigenvalue weighted by Crippen LogP contribution is -2.47.